The van der Waals surface area contributed by atoms with E-state index in [1.807, 2.05) is 0 Å². The molecule has 132 valence electrons. The number of aromatic hydroxyl groups is 1. The number of nitrogens with one attached hydrogen (secondary N) is 2. The average molecular weight is 401 g/mol. The molecule has 0 fully saturated rings. The molecule has 1 unspecified atom stereocenters. The smallest absolute Gasteiger partial charge is 0.256 e. The number of hydrogen-bond acceptors (Lipinski definition) is 6. The highest BCUT2D eigenvalue weighted by atomic mass is 35.5. The molecule has 1 heterocycles. The Balaban J connectivity index is 2.12. The highest BCUT2D eigenvalue weighted by molar-refractivity contribution is 7.81. The van der Waals surface area contributed by atoms with Crippen molar-refractivity contribution < 1.29 is 19.4 Å². The van der Waals surface area contributed by atoms with E-state index >= 15 is 0 Å². The second kappa shape index (κ2) is 6.40. The normalized spacial score (nSPS) is 18.8. The first-order chi connectivity index (χ1) is 11.8. The maximum Gasteiger partial charge on any atom is 0.256 e. The predicted octanol–water partition coefficient (Wildman–Crippen LogP) is 3.61. The first-order valence-electron chi connectivity index (χ1n) is 7.06. The highest BCUT2D eigenvalue weighted by Gasteiger charge is 2.38. The van der Waals surface area contributed by atoms with Gasteiger partial charge in [-0.3, -0.25) is 4.79 Å². The van der Waals surface area contributed by atoms with Crippen LogP contribution < -0.4 is 20.1 Å². The van der Waals surface area contributed by atoms with Gasteiger partial charge >= 0.3 is 0 Å². The number of anilines is 1. The Labute approximate surface area is 159 Å². The van der Waals surface area contributed by atoms with Gasteiger partial charge in [0.05, 0.1) is 35.5 Å². The molecule has 0 aromatic heterocycles. The van der Waals surface area contributed by atoms with E-state index in [-0.39, 0.29) is 17.1 Å². The summed E-state index contributed by atoms with van der Waals surface area (Å²) in [5.74, 6) is 0.0267. The van der Waals surface area contributed by atoms with Gasteiger partial charge in [0.25, 0.3) is 5.91 Å². The number of methoxy groups -OCH3 is 2. The summed E-state index contributed by atoms with van der Waals surface area (Å²) in [5.41, 5.74) is 1.13. The molecule has 0 saturated carbocycles. The summed E-state index contributed by atoms with van der Waals surface area (Å²) < 4.78 is 10.3. The van der Waals surface area contributed by atoms with Gasteiger partial charge in [-0.2, -0.15) is 0 Å². The van der Waals surface area contributed by atoms with Crippen molar-refractivity contribution in [2.75, 3.05) is 19.5 Å². The lowest BCUT2D eigenvalue weighted by Crippen LogP contribution is -2.51. The van der Waals surface area contributed by atoms with E-state index in [1.165, 1.54) is 32.4 Å². The number of halogens is 2. The molecule has 1 atom stereocenters. The second-order valence-corrected chi connectivity index (χ2v) is 6.81. The van der Waals surface area contributed by atoms with Crippen LogP contribution in [0.5, 0.6) is 17.2 Å². The minimum Gasteiger partial charge on any atom is -0.504 e. The summed E-state index contributed by atoms with van der Waals surface area (Å²) in [6.07, 6.45) is 0. The molecule has 1 aliphatic heterocycles. The van der Waals surface area contributed by atoms with Crippen molar-refractivity contribution in [2.45, 2.75) is 4.99 Å². The number of phenolic OH excluding ortho intramolecular Hbond substituents is 1. The van der Waals surface area contributed by atoms with Gasteiger partial charge in [0.2, 0.25) is 0 Å². The summed E-state index contributed by atoms with van der Waals surface area (Å²) in [6, 6.07) is 5.92. The third kappa shape index (κ3) is 3.03. The number of rotatable bonds is 3. The van der Waals surface area contributed by atoms with Gasteiger partial charge in [0.1, 0.15) is 5.75 Å². The molecule has 1 amide bonds. The average Bonchev–Trinajstić information content (AvgIpc) is 2.55. The van der Waals surface area contributed by atoms with Crippen molar-refractivity contribution in [3.63, 3.8) is 0 Å². The van der Waals surface area contributed by atoms with E-state index in [4.69, 9.17) is 32.7 Å². The molecule has 25 heavy (non-hydrogen) atoms. The SMILES string of the molecule is COc1cc2c(cc1O)C(=O)NC(S)(c1cc(OC)c(Cl)cc1Cl)N2. The van der Waals surface area contributed by atoms with Gasteiger partial charge in [0, 0.05) is 11.6 Å². The molecular weight excluding hydrogens is 387 g/mol. The van der Waals surface area contributed by atoms with Gasteiger partial charge in [0.15, 0.2) is 16.5 Å². The van der Waals surface area contributed by atoms with Gasteiger partial charge in [-0.25, -0.2) is 0 Å². The third-order valence-corrected chi connectivity index (χ3v) is 4.88. The maximum atomic E-state index is 12.5. The number of carbonyl (C=O) groups is 1. The first kappa shape index (κ1) is 17.8. The number of thiol groups is 1. The highest BCUT2D eigenvalue weighted by Crippen LogP contribution is 2.43. The molecule has 2 aromatic rings. The van der Waals surface area contributed by atoms with Crippen molar-refractivity contribution in [1.82, 2.24) is 5.32 Å². The predicted molar refractivity (Wildman–Crippen MR) is 99.4 cm³/mol. The molecule has 0 radical (unpaired) electrons. The fourth-order valence-corrected chi connectivity index (χ4v) is 3.65. The van der Waals surface area contributed by atoms with E-state index in [0.29, 0.717) is 27.0 Å². The van der Waals surface area contributed by atoms with Crippen molar-refractivity contribution in [3.05, 3.63) is 45.4 Å². The van der Waals surface area contributed by atoms with E-state index in [2.05, 4.69) is 23.3 Å². The minimum atomic E-state index is -1.32. The molecule has 3 N–H and O–H groups in total. The van der Waals surface area contributed by atoms with Crippen LogP contribution in [0.2, 0.25) is 10.0 Å². The van der Waals surface area contributed by atoms with Crippen molar-refractivity contribution in [1.29, 1.82) is 0 Å². The summed E-state index contributed by atoms with van der Waals surface area (Å²) in [7, 11) is 2.89. The second-order valence-electron chi connectivity index (χ2n) is 5.33. The van der Waals surface area contributed by atoms with Gasteiger partial charge in [-0.15, -0.1) is 12.6 Å². The van der Waals surface area contributed by atoms with Crippen LogP contribution in [-0.4, -0.2) is 25.2 Å². The molecule has 0 spiro atoms. The van der Waals surface area contributed by atoms with Gasteiger partial charge < -0.3 is 25.2 Å². The fraction of sp³-hybridized carbons (Fsp3) is 0.188. The number of benzene rings is 2. The Morgan fingerprint density at radius 1 is 1.04 bits per heavy atom. The lowest BCUT2D eigenvalue weighted by molar-refractivity contribution is 0.0928. The number of ether oxygens (including phenoxy) is 2. The molecule has 0 aliphatic carbocycles. The van der Waals surface area contributed by atoms with Crippen LogP contribution in [0.3, 0.4) is 0 Å². The minimum absolute atomic E-state index is 0.143. The third-order valence-electron chi connectivity index (χ3n) is 3.80. The standard InChI is InChI=1S/C16H14Cl2N2O4S/c1-23-13-4-8(9(17)5-10(13)18)16(25)19-11-6-14(24-2)12(21)3-7(11)15(22)20-16/h3-6,19,21,25H,1-2H3,(H,20,22). The number of hydrogen-bond donors (Lipinski definition) is 4. The lowest BCUT2D eigenvalue weighted by Gasteiger charge is -2.37. The van der Waals surface area contributed by atoms with Crippen molar-refractivity contribution in [3.8, 4) is 17.2 Å². The molecule has 1 aliphatic rings. The Morgan fingerprint density at radius 2 is 1.72 bits per heavy atom. The van der Waals surface area contributed by atoms with Crippen LogP contribution in [-0.2, 0) is 4.99 Å². The van der Waals surface area contributed by atoms with E-state index in [1.54, 1.807) is 6.07 Å². The molecule has 0 bridgehead atoms. The molecule has 9 heteroatoms. The molecule has 6 nitrogen and oxygen atoms in total. The van der Waals surface area contributed by atoms with Gasteiger partial charge in [-0.05, 0) is 18.2 Å². The Morgan fingerprint density at radius 3 is 2.36 bits per heavy atom. The zero-order valence-corrected chi connectivity index (χ0v) is 15.6. The number of phenols is 1. The quantitative estimate of drug-likeness (QED) is 0.467. The van der Waals surface area contributed by atoms with E-state index in [0.717, 1.165) is 0 Å². The molecular formula is C16H14Cl2N2O4S. The van der Waals surface area contributed by atoms with Crippen LogP contribution >= 0.6 is 35.8 Å². The van der Waals surface area contributed by atoms with Crippen molar-refractivity contribution >= 4 is 47.4 Å². The van der Waals surface area contributed by atoms with Gasteiger partial charge in [-0.1, -0.05) is 23.2 Å². The topological polar surface area (TPSA) is 79.8 Å². The van der Waals surface area contributed by atoms with Crippen LogP contribution in [0.1, 0.15) is 15.9 Å². The zero-order valence-electron chi connectivity index (χ0n) is 13.2. The Bertz CT molecular complexity index is 878. The number of amides is 1. The van der Waals surface area contributed by atoms with Crippen LogP contribution in [0.4, 0.5) is 5.69 Å². The fourth-order valence-electron chi connectivity index (χ4n) is 2.58. The van der Waals surface area contributed by atoms with Crippen LogP contribution in [0, 0.1) is 0 Å². The zero-order chi connectivity index (χ0) is 18.4. The summed E-state index contributed by atoms with van der Waals surface area (Å²) in [4.78, 5) is 11.2. The number of carbonyl (C=O) groups excluding carboxylic acids is 1. The van der Waals surface area contributed by atoms with E-state index < -0.39 is 10.9 Å². The monoisotopic (exact) mass is 400 g/mol. The maximum absolute atomic E-state index is 12.5. The molecule has 3 rings (SSSR count). The Hall–Kier alpha value is -1.96. The van der Waals surface area contributed by atoms with Crippen LogP contribution in [0.15, 0.2) is 24.3 Å². The Kier molecular flexibility index (Phi) is 4.57. The first-order valence-corrected chi connectivity index (χ1v) is 8.27. The molecule has 0 saturated heterocycles. The summed E-state index contributed by atoms with van der Waals surface area (Å²) in [6.45, 7) is 0. The summed E-state index contributed by atoms with van der Waals surface area (Å²) in [5, 5.41) is 16.3. The number of fused-ring (bicyclic) bond motifs is 1. The largest absolute Gasteiger partial charge is 0.504 e. The summed E-state index contributed by atoms with van der Waals surface area (Å²) >= 11 is 16.9. The van der Waals surface area contributed by atoms with Crippen LogP contribution in [0.25, 0.3) is 0 Å². The molecule has 2 aromatic carbocycles. The lowest BCUT2D eigenvalue weighted by atomic mass is 10.0. The van der Waals surface area contributed by atoms with E-state index in [9.17, 15) is 9.90 Å². The van der Waals surface area contributed by atoms with Crippen molar-refractivity contribution in [2.24, 2.45) is 0 Å².